The molecule has 0 aliphatic carbocycles. The third-order valence-corrected chi connectivity index (χ3v) is 6.56. The average Bonchev–Trinajstić information content (AvgIpc) is 2.81. The molecule has 2 atom stereocenters. The topological polar surface area (TPSA) is 44.8 Å². The zero-order valence-corrected chi connectivity index (χ0v) is 19.6. The van der Waals surface area contributed by atoms with E-state index in [2.05, 4.69) is 15.1 Å². The summed E-state index contributed by atoms with van der Waals surface area (Å²) >= 11 is 0. The van der Waals surface area contributed by atoms with Crippen molar-refractivity contribution in [1.29, 1.82) is 0 Å². The summed E-state index contributed by atoms with van der Waals surface area (Å²) < 4.78 is 45.9. The molecule has 1 saturated heterocycles. The molecular weight excluding hydrogens is 443 g/mol. The molecule has 5 nitrogen and oxygen atoms in total. The number of amides is 1. The second-order valence-electron chi connectivity index (χ2n) is 9.51. The van der Waals surface area contributed by atoms with Crippen LogP contribution < -0.4 is 15.0 Å². The lowest BCUT2D eigenvalue weighted by Gasteiger charge is -2.49. The molecule has 4 rings (SSSR count). The van der Waals surface area contributed by atoms with Crippen LogP contribution in [0.5, 0.6) is 5.75 Å². The number of nitrogens with one attached hydrogen (secondary N) is 1. The number of para-hydroxylation sites is 1. The van der Waals surface area contributed by atoms with Crippen LogP contribution in [-0.4, -0.2) is 56.2 Å². The number of carbonyl (C=O) groups excluding carboxylic acids is 1. The lowest BCUT2D eigenvalue weighted by atomic mass is 9.82. The number of fused-ring (bicyclic) bond motifs is 3. The number of carbonyl (C=O) groups is 1. The molecule has 0 bridgehead atoms. The van der Waals surface area contributed by atoms with E-state index in [1.165, 1.54) is 6.07 Å². The number of ether oxygens (including phenoxy) is 1. The Kier molecular flexibility index (Phi) is 7.36. The van der Waals surface area contributed by atoms with E-state index in [0.29, 0.717) is 44.1 Å². The Bertz CT molecular complexity index is 981. The third-order valence-electron chi connectivity index (χ3n) is 6.56. The fourth-order valence-electron chi connectivity index (χ4n) is 4.81. The van der Waals surface area contributed by atoms with Crippen molar-refractivity contribution in [2.24, 2.45) is 11.8 Å². The van der Waals surface area contributed by atoms with Crippen LogP contribution in [0.1, 0.15) is 25.0 Å². The van der Waals surface area contributed by atoms with Crippen LogP contribution in [-0.2, 0) is 17.4 Å². The van der Waals surface area contributed by atoms with Gasteiger partial charge in [0.25, 0.3) is 0 Å². The van der Waals surface area contributed by atoms with Gasteiger partial charge in [-0.25, -0.2) is 0 Å². The molecule has 2 aromatic rings. The number of rotatable bonds is 7. The van der Waals surface area contributed by atoms with Gasteiger partial charge in [-0.1, -0.05) is 32.0 Å². The van der Waals surface area contributed by atoms with Gasteiger partial charge in [-0.2, -0.15) is 13.2 Å². The van der Waals surface area contributed by atoms with Gasteiger partial charge in [0.15, 0.2) is 0 Å². The van der Waals surface area contributed by atoms with Crippen LogP contribution >= 0.6 is 0 Å². The van der Waals surface area contributed by atoms with Crippen LogP contribution in [0.25, 0.3) is 0 Å². The van der Waals surface area contributed by atoms with Crippen LogP contribution in [0.4, 0.5) is 18.9 Å². The Hall–Kier alpha value is -2.74. The van der Waals surface area contributed by atoms with Crippen molar-refractivity contribution < 1.29 is 22.7 Å². The van der Waals surface area contributed by atoms with Crippen LogP contribution in [0, 0.1) is 11.8 Å². The molecule has 0 unspecified atom stereocenters. The van der Waals surface area contributed by atoms with Gasteiger partial charge < -0.3 is 15.0 Å². The minimum Gasteiger partial charge on any atom is -0.492 e. The molecule has 1 N–H and O–H groups in total. The Morgan fingerprint density at radius 2 is 1.91 bits per heavy atom. The Morgan fingerprint density at radius 1 is 1.15 bits per heavy atom. The van der Waals surface area contributed by atoms with E-state index in [0.717, 1.165) is 30.6 Å². The highest BCUT2D eigenvalue weighted by Gasteiger charge is 2.42. The zero-order valence-electron chi connectivity index (χ0n) is 19.6. The average molecular weight is 476 g/mol. The summed E-state index contributed by atoms with van der Waals surface area (Å²) in [4.78, 5) is 17.6. The predicted molar refractivity (Wildman–Crippen MR) is 126 cm³/mol. The van der Waals surface area contributed by atoms with E-state index in [1.807, 2.05) is 44.2 Å². The molecule has 0 saturated carbocycles. The van der Waals surface area contributed by atoms with Gasteiger partial charge in [0, 0.05) is 38.4 Å². The summed E-state index contributed by atoms with van der Waals surface area (Å²) in [5.74, 6) is 0.617. The molecule has 2 heterocycles. The number of hydrogen-bond acceptors (Lipinski definition) is 4. The van der Waals surface area contributed by atoms with E-state index >= 15 is 0 Å². The number of piperazine rings is 1. The van der Waals surface area contributed by atoms with Gasteiger partial charge in [0.1, 0.15) is 12.4 Å². The summed E-state index contributed by atoms with van der Waals surface area (Å²) in [5.41, 5.74) is 0.741. The summed E-state index contributed by atoms with van der Waals surface area (Å²) in [6.07, 6.45) is -4.10. The number of nitrogens with zero attached hydrogens (tertiary/aromatic N) is 2. The maximum Gasteiger partial charge on any atom is 0.416 e. The second kappa shape index (κ2) is 10.3. The molecule has 2 aromatic carbocycles. The first-order valence-electron chi connectivity index (χ1n) is 11.9. The van der Waals surface area contributed by atoms with Gasteiger partial charge in [-0.3, -0.25) is 9.69 Å². The normalized spacial score (nSPS) is 20.6. The predicted octanol–water partition coefficient (Wildman–Crippen LogP) is 4.22. The van der Waals surface area contributed by atoms with Gasteiger partial charge in [0.2, 0.25) is 5.91 Å². The van der Waals surface area contributed by atoms with Gasteiger partial charge >= 0.3 is 6.18 Å². The molecule has 0 spiro atoms. The largest absolute Gasteiger partial charge is 0.492 e. The molecule has 184 valence electrons. The third kappa shape index (κ3) is 5.66. The highest BCUT2D eigenvalue weighted by molar-refractivity contribution is 5.82. The number of benzene rings is 2. The molecular formula is C26H32F3N3O2. The summed E-state index contributed by atoms with van der Waals surface area (Å²) in [6.45, 7) is 7.93. The quantitative estimate of drug-likeness (QED) is 0.652. The van der Waals surface area contributed by atoms with Crippen molar-refractivity contribution >= 4 is 11.6 Å². The van der Waals surface area contributed by atoms with Crippen molar-refractivity contribution in [2.75, 3.05) is 44.2 Å². The maximum atomic E-state index is 13.3. The number of hydrogen-bond donors (Lipinski definition) is 1. The lowest BCUT2D eigenvalue weighted by Crippen LogP contribution is -2.61. The van der Waals surface area contributed by atoms with Crippen LogP contribution in [0.2, 0.25) is 0 Å². The molecule has 8 heteroatoms. The van der Waals surface area contributed by atoms with Crippen molar-refractivity contribution in [3.63, 3.8) is 0 Å². The zero-order chi connectivity index (χ0) is 24.3. The molecule has 0 aromatic heterocycles. The smallest absolute Gasteiger partial charge is 0.416 e. The second-order valence-corrected chi connectivity index (χ2v) is 9.51. The summed E-state index contributed by atoms with van der Waals surface area (Å²) in [5, 5.41) is 3.01. The Morgan fingerprint density at radius 3 is 2.62 bits per heavy atom. The molecule has 2 aliphatic heterocycles. The van der Waals surface area contributed by atoms with E-state index in [-0.39, 0.29) is 11.9 Å². The molecule has 1 fully saturated rings. The fraction of sp³-hybridized carbons (Fsp3) is 0.500. The first-order valence-corrected chi connectivity index (χ1v) is 11.9. The lowest BCUT2D eigenvalue weighted by molar-refractivity contribution is -0.137. The monoisotopic (exact) mass is 475 g/mol. The van der Waals surface area contributed by atoms with Crippen molar-refractivity contribution in [2.45, 2.75) is 32.5 Å². The van der Waals surface area contributed by atoms with Crippen LogP contribution in [0.15, 0.2) is 48.5 Å². The van der Waals surface area contributed by atoms with E-state index < -0.39 is 17.7 Å². The van der Waals surface area contributed by atoms with E-state index in [4.69, 9.17) is 4.74 Å². The fourth-order valence-corrected chi connectivity index (χ4v) is 4.81. The highest BCUT2D eigenvalue weighted by atomic mass is 19.4. The first-order chi connectivity index (χ1) is 16.2. The van der Waals surface area contributed by atoms with Crippen LogP contribution in [0.3, 0.4) is 0 Å². The van der Waals surface area contributed by atoms with Gasteiger partial charge in [0.05, 0.1) is 17.5 Å². The number of alkyl halides is 3. The Labute approximate surface area is 198 Å². The molecule has 1 amide bonds. The van der Waals surface area contributed by atoms with Crippen molar-refractivity contribution in [1.82, 2.24) is 10.2 Å². The SMILES string of the molecule is CC(C)CNC(=O)[C@H]1Cc2cc(C(F)(F)F)ccc2N2CCN(CCOc3ccccc3)C[C@@H]12. The summed E-state index contributed by atoms with van der Waals surface area (Å²) in [7, 11) is 0. The molecule has 0 radical (unpaired) electrons. The number of anilines is 1. The van der Waals surface area contributed by atoms with Crippen molar-refractivity contribution in [3.05, 3.63) is 59.7 Å². The molecule has 34 heavy (non-hydrogen) atoms. The minimum atomic E-state index is -4.40. The standard InChI is InChI=1S/C26H32F3N3O2/c1-18(2)16-30-25(33)22-15-19-14-20(26(27,28)29)8-9-23(19)32-11-10-31(17-24(22)32)12-13-34-21-6-4-3-5-7-21/h3-9,14,18,22,24H,10-13,15-17H2,1-2H3,(H,30,33)/t22-,24-/m0/s1. The highest BCUT2D eigenvalue weighted by Crippen LogP contribution is 2.39. The number of halogens is 3. The van der Waals surface area contributed by atoms with Gasteiger partial charge in [-0.05, 0) is 48.2 Å². The van der Waals surface area contributed by atoms with Crippen molar-refractivity contribution in [3.8, 4) is 5.75 Å². The minimum absolute atomic E-state index is 0.0888. The van der Waals surface area contributed by atoms with E-state index in [1.54, 1.807) is 6.07 Å². The molecule has 2 aliphatic rings. The summed E-state index contributed by atoms with van der Waals surface area (Å²) in [6, 6.07) is 13.5. The van der Waals surface area contributed by atoms with E-state index in [9.17, 15) is 18.0 Å². The first kappa shape index (κ1) is 24.4. The Balaban J connectivity index is 1.50. The van der Waals surface area contributed by atoms with Gasteiger partial charge in [-0.15, -0.1) is 0 Å². The maximum absolute atomic E-state index is 13.3.